The van der Waals surface area contributed by atoms with Crippen molar-refractivity contribution in [3.8, 4) is 11.5 Å². The van der Waals surface area contributed by atoms with Gasteiger partial charge in [-0.3, -0.25) is 4.90 Å². The monoisotopic (exact) mass is 340 g/mol. The van der Waals surface area contributed by atoms with Gasteiger partial charge >= 0.3 is 0 Å². The van der Waals surface area contributed by atoms with Gasteiger partial charge in [0.15, 0.2) is 5.82 Å². The molecule has 1 unspecified atom stereocenters. The van der Waals surface area contributed by atoms with E-state index in [2.05, 4.69) is 37.8 Å². The summed E-state index contributed by atoms with van der Waals surface area (Å²) in [5.41, 5.74) is 5.03. The fourth-order valence-corrected chi connectivity index (χ4v) is 4.10. The number of likely N-dealkylation sites (tertiary alicyclic amines) is 1. The van der Waals surface area contributed by atoms with Gasteiger partial charge in [0.25, 0.3) is 0 Å². The summed E-state index contributed by atoms with van der Waals surface area (Å²) < 4.78 is 0. The molecule has 0 bridgehead atoms. The third-order valence-corrected chi connectivity index (χ3v) is 5.42. The molecule has 24 heavy (non-hydrogen) atoms. The summed E-state index contributed by atoms with van der Waals surface area (Å²) in [6.45, 7) is 6.07. The molecule has 0 spiro atoms. The first-order valence-electron chi connectivity index (χ1n) is 8.19. The Balaban J connectivity index is 1.63. The average Bonchev–Trinajstić information content (AvgIpc) is 3.30. The summed E-state index contributed by atoms with van der Waals surface area (Å²) in [7, 11) is 0. The van der Waals surface area contributed by atoms with Crippen LogP contribution in [0.2, 0.25) is 0 Å². The van der Waals surface area contributed by atoms with E-state index in [0.717, 1.165) is 48.2 Å². The number of hydrogen-bond acceptors (Lipinski definition) is 6. The molecule has 4 rings (SSSR count). The van der Waals surface area contributed by atoms with Crippen LogP contribution in [0.4, 0.5) is 0 Å². The molecule has 3 aromatic heterocycles. The summed E-state index contributed by atoms with van der Waals surface area (Å²) in [4.78, 5) is 24.9. The van der Waals surface area contributed by atoms with Crippen molar-refractivity contribution in [3.05, 3.63) is 46.1 Å². The lowest BCUT2D eigenvalue weighted by Gasteiger charge is -2.24. The summed E-state index contributed by atoms with van der Waals surface area (Å²) in [6.07, 6.45) is 5.90. The van der Waals surface area contributed by atoms with E-state index in [-0.39, 0.29) is 0 Å². The van der Waals surface area contributed by atoms with Crippen molar-refractivity contribution in [3.63, 3.8) is 0 Å². The molecular weight excluding hydrogens is 320 g/mol. The molecule has 1 N–H and O–H groups in total. The predicted octanol–water partition coefficient (Wildman–Crippen LogP) is 3.28. The van der Waals surface area contributed by atoms with Crippen molar-refractivity contribution in [2.24, 2.45) is 0 Å². The van der Waals surface area contributed by atoms with E-state index in [0.29, 0.717) is 6.04 Å². The maximum absolute atomic E-state index is 4.72. The molecule has 1 aliphatic heterocycles. The van der Waals surface area contributed by atoms with Gasteiger partial charge in [0.05, 0.1) is 22.9 Å². The fraction of sp³-hybridized carbons (Fsp3) is 0.412. The second-order valence-electron chi connectivity index (χ2n) is 6.15. The van der Waals surface area contributed by atoms with Crippen molar-refractivity contribution < 1.29 is 0 Å². The topological polar surface area (TPSA) is 70.6 Å². The van der Waals surface area contributed by atoms with E-state index >= 15 is 0 Å². The number of thiazole rings is 1. The molecule has 4 heterocycles. The molecule has 7 heteroatoms. The molecule has 0 aliphatic carbocycles. The highest BCUT2D eigenvalue weighted by Gasteiger charge is 2.28. The van der Waals surface area contributed by atoms with Crippen LogP contribution in [0.15, 0.2) is 24.0 Å². The first-order chi connectivity index (χ1) is 11.7. The average molecular weight is 340 g/mol. The smallest absolute Gasteiger partial charge is 0.156 e. The molecule has 1 saturated heterocycles. The number of rotatable bonds is 4. The van der Waals surface area contributed by atoms with E-state index < -0.39 is 0 Å². The predicted molar refractivity (Wildman–Crippen MR) is 93.6 cm³/mol. The van der Waals surface area contributed by atoms with E-state index in [1.165, 1.54) is 11.3 Å². The third-order valence-electron chi connectivity index (χ3n) is 4.50. The summed E-state index contributed by atoms with van der Waals surface area (Å²) in [5.74, 6) is 1.59. The van der Waals surface area contributed by atoms with Crippen LogP contribution in [-0.2, 0) is 6.54 Å². The zero-order valence-electron chi connectivity index (χ0n) is 13.9. The number of aromatic nitrogens is 5. The van der Waals surface area contributed by atoms with E-state index in [1.54, 1.807) is 17.5 Å². The van der Waals surface area contributed by atoms with Crippen LogP contribution >= 0.6 is 11.3 Å². The zero-order chi connectivity index (χ0) is 16.5. The van der Waals surface area contributed by atoms with Crippen LogP contribution in [0.3, 0.4) is 0 Å². The van der Waals surface area contributed by atoms with Gasteiger partial charge in [-0.1, -0.05) is 0 Å². The van der Waals surface area contributed by atoms with Crippen molar-refractivity contribution in [1.29, 1.82) is 0 Å². The lowest BCUT2D eigenvalue weighted by molar-refractivity contribution is 0.245. The Morgan fingerprint density at radius 2 is 2.21 bits per heavy atom. The molecule has 0 radical (unpaired) electrons. The van der Waals surface area contributed by atoms with Crippen LogP contribution in [0.25, 0.3) is 11.5 Å². The normalized spacial score (nSPS) is 18.3. The largest absolute Gasteiger partial charge is 0.343 e. The summed E-state index contributed by atoms with van der Waals surface area (Å²) >= 11 is 1.74. The number of aryl methyl sites for hydroxylation is 2. The Morgan fingerprint density at radius 1 is 1.29 bits per heavy atom. The van der Waals surface area contributed by atoms with Crippen LogP contribution in [-0.4, -0.2) is 36.4 Å². The van der Waals surface area contributed by atoms with Crippen molar-refractivity contribution in [2.75, 3.05) is 6.54 Å². The minimum Gasteiger partial charge on any atom is -0.343 e. The maximum Gasteiger partial charge on any atom is 0.156 e. The second kappa shape index (κ2) is 6.41. The van der Waals surface area contributed by atoms with Crippen molar-refractivity contribution in [1.82, 2.24) is 29.8 Å². The summed E-state index contributed by atoms with van der Waals surface area (Å²) in [6, 6.07) is 2.41. The molecule has 0 amide bonds. The summed E-state index contributed by atoms with van der Waals surface area (Å²) in [5, 5.41) is 0. The zero-order valence-corrected chi connectivity index (χ0v) is 14.7. The Hall–Kier alpha value is -2.12. The Morgan fingerprint density at radius 3 is 2.96 bits per heavy atom. The van der Waals surface area contributed by atoms with Gasteiger partial charge in [0.1, 0.15) is 11.5 Å². The molecule has 124 valence electrons. The van der Waals surface area contributed by atoms with Gasteiger partial charge in [0, 0.05) is 23.8 Å². The lowest BCUT2D eigenvalue weighted by Crippen LogP contribution is -2.23. The van der Waals surface area contributed by atoms with Crippen LogP contribution < -0.4 is 0 Å². The number of H-pyrrole nitrogens is 1. The lowest BCUT2D eigenvalue weighted by atomic mass is 10.1. The number of hydrogen-bond donors (Lipinski definition) is 1. The quantitative estimate of drug-likeness (QED) is 0.789. The van der Waals surface area contributed by atoms with Crippen LogP contribution in [0.1, 0.15) is 41.0 Å². The van der Waals surface area contributed by atoms with E-state index in [9.17, 15) is 0 Å². The highest BCUT2D eigenvalue weighted by Crippen LogP contribution is 2.34. The second-order valence-corrected chi connectivity index (χ2v) is 7.09. The van der Waals surface area contributed by atoms with Gasteiger partial charge in [-0.05, 0) is 39.3 Å². The molecule has 3 aromatic rings. The highest BCUT2D eigenvalue weighted by molar-refractivity contribution is 7.09. The Kier molecular flexibility index (Phi) is 4.12. The molecule has 1 fully saturated rings. The third kappa shape index (κ3) is 2.97. The Labute approximate surface area is 145 Å². The number of aromatic amines is 1. The molecule has 0 saturated carbocycles. The number of nitrogens with one attached hydrogen (secondary N) is 1. The van der Waals surface area contributed by atoms with Crippen LogP contribution in [0, 0.1) is 13.8 Å². The molecule has 1 atom stereocenters. The molecular formula is C17H20N6S. The van der Waals surface area contributed by atoms with Gasteiger partial charge in [0.2, 0.25) is 0 Å². The molecule has 6 nitrogen and oxygen atoms in total. The van der Waals surface area contributed by atoms with Crippen LogP contribution in [0.5, 0.6) is 0 Å². The van der Waals surface area contributed by atoms with Crippen molar-refractivity contribution >= 4 is 11.3 Å². The molecule has 1 aliphatic rings. The maximum atomic E-state index is 4.72. The highest BCUT2D eigenvalue weighted by atomic mass is 32.1. The number of nitrogens with zero attached hydrogens (tertiary/aromatic N) is 5. The fourth-order valence-electron chi connectivity index (χ4n) is 3.30. The Bertz CT molecular complexity index is 825. The number of imidazole rings is 1. The van der Waals surface area contributed by atoms with E-state index in [1.807, 2.05) is 18.6 Å². The minimum atomic E-state index is 0.335. The van der Waals surface area contributed by atoms with E-state index in [4.69, 9.17) is 4.98 Å². The minimum absolute atomic E-state index is 0.335. The van der Waals surface area contributed by atoms with Crippen molar-refractivity contribution in [2.45, 2.75) is 39.3 Å². The standard InChI is InChI=1S/C17H20N6S/c1-11-16(24-10-20-11)9-23-7-3-4-15(23)13-8-14(22-12(2)21-13)17-18-5-6-19-17/h5-6,8,10,15H,3-4,7,9H2,1-2H3,(H,18,19). The first-order valence-corrected chi connectivity index (χ1v) is 9.07. The van der Waals surface area contributed by atoms with Gasteiger partial charge in [-0.15, -0.1) is 11.3 Å². The first kappa shape index (κ1) is 15.4. The molecule has 0 aromatic carbocycles. The SMILES string of the molecule is Cc1nc(-c2ncc[nH]2)cc(C2CCCN2Cc2scnc2C)n1. The van der Waals surface area contributed by atoms with Gasteiger partial charge < -0.3 is 4.98 Å². The van der Waals surface area contributed by atoms with Gasteiger partial charge in [-0.2, -0.15) is 0 Å². The van der Waals surface area contributed by atoms with Gasteiger partial charge in [-0.25, -0.2) is 19.9 Å².